The van der Waals surface area contributed by atoms with Gasteiger partial charge in [-0.15, -0.1) is 11.3 Å². The van der Waals surface area contributed by atoms with Gasteiger partial charge in [-0.25, -0.2) is 0 Å². The van der Waals surface area contributed by atoms with Gasteiger partial charge in [0.15, 0.2) is 0 Å². The molecule has 1 fully saturated rings. The van der Waals surface area contributed by atoms with Crippen LogP contribution in [0.25, 0.3) is 22.3 Å². The highest BCUT2D eigenvalue weighted by molar-refractivity contribution is 7.13. The molecule has 1 aliphatic rings. The maximum absolute atomic E-state index is 5.42. The highest BCUT2D eigenvalue weighted by atomic mass is 32.1. The van der Waals surface area contributed by atoms with Crippen LogP contribution in [0.2, 0.25) is 0 Å². The first-order chi connectivity index (χ1) is 9.92. The quantitative estimate of drug-likeness (QED) is 0.735. The first-order valence-corrected chi connectivity index (χ1v) is 7.71. The molecule has 0 N–H and O–H groups in total. The third kappa shape index (κ3) is 1.96. The van der Waals surface area contributed by atoms with Gasteiger partial charge in [0.2, 0.25) is 5.82 Å². The molecule has 0 aromatic carbocycles. The van der Waals surface area contributed by atoms with Gasteiger partial charge >= 0.3 is 0 Å². The van der Waals surface area contributed by atoms with E-state index in [9.17, 15) is 0 Å². The number of hydrogen-bond donors (Lipinski definition) is 0. The topological polar surface area (TPSA) is 56.7 Å². The SMILES string of the molecule is c1csc(-c2noc(-c3ccnn3C3CCCC3)n2)c1. The van der Waals surface area contributed by atoms with Crippen molar-refractivity contribution in [1.82, 2.24) is 19.9 Å². The van der Waals surface area contributed by atoms with Crippen LogP contribution in [0.3, 0.4) is 0 Å². The Hall–Kier alpha value is -1.95. The van der Waals surface area contributed by atoms with Crippen molar-refractivity contribution in [3.8, 4) is 22.3 Å². The lowest BCUT2D eigenvalue weighted by molar-refractivity contribution is 0.416. The fraction of sp³-hybridized carbons (Fsp3) is 0.357. The van der Waals surface area contributed by atoms with Gasteiger partial charge in [-0.1, -0.05) is 24.1 Å². The molecule has 0 bridgehead atoms. The van der Waals surface area contributed by atoms with Gasteiger partial charge in [0.25, 0.3) is 5.89 Å². The summed E-state index contributed by atoms with van der Waals surface area (Å²) in [5, 5.41) is 10.5. The molecule has 0 radical (unpaired) electrons. The molecule has 1 saturated carbocycles. The summed E-state index contributed by atoms with van der Waals surface area (Å²) in [6.45, 7) is 0. The number of aromatic nitrogens is 4. The van der Waals surface area contributed by atoms with E-state index in [4.69, 9.17) is 4.52 Å². The number of rotatable bonds is 3. The molecule has 3 heterocycles. The lowest BCUT2D eigenvalue weighted by atomic mass is 10.2. The Balaban J connectivity index is 1.70. The smallest absolute Gasteiger partial charge is 0.276 e. The highest BCUT2D eigenvalue weighted by Crippen LogP contribution is 2.33. The Morgan fingerprint density at radius 3 is 2.95 bits per heavy atom. The minimum absolute atomic E-state index is 0.470. The number of thiophene rings is 1. The summed E-state index contributed by atoms with van der Waals surface area (Å²) in [7, 11) is 0. The fourth-order valence-electron chi connectivity index (χ4n) is 2.76. The number of nitrogens with zero attached hydrogens (tertiary/aromatic N) is 4. The molecule has 6 heteroatoms. The predicted molar refractivity (Wildman–Crippen MR) is 76.3 cm³/mol. The van der Waals surface area contributed by atoms with Crippen LogP contribution < -0.4 is 0 Å². The minimum Gasteiger partial charge on any atom is -0.332 e. The normalized spacial score (nSPS) is 16.0. The molecule has 102 valence electrons. The van der Waals surface area contributed by atoms with Gasteiger partial charge in [-0.05, 0) is 30.4 Å². The molecule has 3 aromatic heterocycles. The van der Waals surface area contributed by atoms with Crippen molar-refractivity contribution < 1.29 is 4.52 Å². The molecule has 4 rings (SSSR count). The molecule has 0 unspecified atom stereocenters. The maximum atomic E-state index is 5.42. The summed E-state index contributed by atoms with van der Waals surface area (Å²) in [5.41, 5.74) is 0.923. The van der Waals surface area contributed by atoms with Gasteiger partial charge in [-0.2, -0.15) is 10.1 Å². The van der Waals surface area contributed by atoms with Gasteiger partial charge in [-0.3, -0.25) is 4.68 Å². The largest absolute Gasteiger partial charge is 0.332 e. The summed E-state index contributed by atoms with van der Waals surface area (Å²) in [6, 6.07) is 6.40. The van der Waals surface area contributed by atoms with E-state index in [2.05, 4.69) is 15.2 Å². The zero-order valence-corrected chi connectivity index (χ0v) is 11.7. The Bertz CT molecular complexity index is 694. The summed E-state index contributed by atoms with van der Waals surface area (Å²) in [4.78, 5) is 5.52. The van der Waals surface area contributed by atoms with Crippen molar-refractivity contribution in [1.29, 1.82) is 0 Å². The Kier molecular flexibility index (Phi) is 2.88. The van der Waals surface area contributed by atoms with Gasteiger partial charge < -0.3 is 4.52 Å². The molecule has 0 spiro atoms. The van der Waals surface area contributed by atoms with E-state index >= 15 is 0 Å². The summed E-state index contributed by atoms with van der Waals surface area (Å²) >= 11 is 1.61. The van der Waals surface area contributed by atoms with E-state index in [1.165, 1.54) is 25.7 Å². The molecule has 20 heavy (non-hydrogen) atoms. The lowest BCUT2D eigenvalue weighted by Gasteiger charge is -2.11. The average Bonchev–Trinajstić information content (AvgIpc) is 3.23. The minimum atomic E-state index is 0.470. The Morgan fingerprint density at radius 1 is 1.25 bits per heavy atom. The van der Waals surface area contributed by atoms with Crippen molar-refractivity contribution in [2.45, 2.75) is 31.7 Å². The van der Waals surface area contributed by atoms with E-state index < -0.39 is 0 Å². The standard InChI is InChI=1S/C14H14N4OS/c1-2-5-10(4-1)18-11(7-8-15-18)14-16-13(17-19-14)12-6-3-9-20-12/h3,6-10H,1-2,4-5H2. The highest BCUT2D eigenvalue weighted by Gasteiger charge is 2.23. The van der Waals surface area contributed by atoms with E-state index in [0.29, 0.717) is 17.8 Å². The summed E-state index contributed by atoms with van der Waals surface area (Å²) in [6.07, 6.45) is 6.71. The summed E-state index contributed by atoms with van der Waals surface area (Å²) < 4.78 is 7.46. The van der Waals surface area contributed by atoms with Crippen molar-refractivity contribution >= 4 is 11.3 Å². The average molecular weight is 286 g/mol. The van der Waals surface area contributed by atoms with Crippen LogP contribution in [-0.4, -0.2) is 19.9 Å². The second-order valence-electron chi connectivity index (χ2n) is 5.00. The van der Waals surface area contributed by atoms with Crippen LogP contribution >= 0.6 is 11.3 Å². The van der Waals surface area contributed by atoms with Crippen LogP contribution in [0.15, 0.2) is 34.3 Å². The monoisotopic (exact) mass is 286 g/mol. The van der Waals surface area contributed by atoms with Crippen molar-refractivity contribution in [2.75, 3.05) is 0 Å². The molecule has 0 amide bonds. The molecule has 0 saturated heterocycles. The molecule has 1 aliphatic carbocycles. The van der Waals surface area contributed by atoms with Crippen LogP contribution in [0.5, 0.6) is 0 Å². The third-order valence-corrected chi connectivity index (χ3v) is 4.59. The van der Waals surface area contributed by atoms with E-state index in [1.54, 1.807) is 11.3 Å². The fourth-order valence-corrected chi connectivity index (χ4v) is 3.41. The van der Waals surface area contributed by atoms with Crippen molar-refractivity contribution in [2.24, 2.45) is 0 Å². The maximum Gasteiger partial charge on any atom is 0.276 e. The lowest BCUT2D eigenvalue weighted by Crippen LogP contribution is -2.08. The molecule has 0 atom stereocenters. The molecule has 0 aliphatic heterocycles. The van der Waals surface area contributed by atoms with E-state index in [1.807, 2.05) is 34.5 Å². The molecule has 5 nitrogen and oxygen atoms in total. The third-order valence-electron chi connectivity index (χ3n) is 3.73. The first kappa shape index (κ1) is 11.8. The molecular formula is C14H14N4OS. The second kappa shape index (κ2) is 4.86. The van der Waals surface area contributed by atoms with Crippen LogP contribution in [-0.2, 0) is 0 Å². The van der Waals surface area contributed by atoms with Crippen LogP contribution in [0.4, 0.5) is 0 Å². The molecule has 3 aromatic rings. The Labute approximate surface area is 120 Å². The number of hydrogen-bond acceptors (Lipinski definition) is 5. The van der Waals surface area contributed by atoms with Gasteiger partial charge in [0, 0.05) is 6.20 Å². The Morgan fingerprint density at radius 2 is 2.15 bits per heavy atom. The van der Waals surface area contributed by atoms with Crippen LogP contribution in [0.1, 0.15) is 31.7 Å². The van der Waals surface area contributed by atoms with Crippen molar-refractivity contribution in [3.05, 3.63) is 29.8 Å². The first-order valence-electron chi connectivity index (χ1n) is 6.83. The zero-order chi connectivity index (χ0) is 13.4. The zero-order valence-electron chi connectivity index (χ0n) is 10.9. The van der Waals surface area contributed by atoms with Crippen molar-refractivity contribution in [3.63, 3.8) is 0 Å². The predicted octanol–water partition coefficient (Wildman–Crippen LogP) is 3.78. The van der Waals surface area contributed by atoms with E-state index in [-0.39, 0.29) is 0 Å². The van der Waals surface area contributed by atoms with E-state index in [0.717, 1.165) is 10.6 Å². The van der Waals surface area contributed by atoms with Crippen LogP contribution in [0, 0.1) is 0 Å². The van der Waals surface area contributed by atoms with Gasteiger partial charge in [0.05, 0.1) is 10.9 Å². The summed E-state index contributed by atoms with van der Waals surface area (Å²) in [5.74, 6) is 1.20. The van der Waals surface area contributed by atoms with Gasteiger partial charge in [0.1, 0.15) is 5.69 Å². The molecular weight excluding hydrogens is 272 g/mol. The second-order valence-corrected chi connectivity index (χ2v) is 5.95.